The van der Waals surface area contributed by atoms with Gasteiger partial charge in [-0.2, -0.15) is 0 Å². The summed E-state index contributed by atoms with van der Waals surface area (Å²) in [6.07, 6.45) is 5.11. The van der Waals surface area contributed by atoms with Crippen LogP contribution in [0.5, 0.6) is 5.75 Å². The lowest BCUT2D eigenvalue weighted by atomic mass is 9.44. The SMILES string of the molecule is CC[C@@]1(O)C(=O)OCc2c1cc1n(c2=O)Cc2cc3cc(OC(=O)CC[C@@H](C)C4CCC5C6C(=O)CC7CC(=O)CC[C@]7(C)C6CC(=O)[C@@]54C)ccc3nc2-1. The van der Waals surface area contributed by atoms with Gasteiger partial charge < -0.3 is 19.1 Å². The Kier molecular flexibility index (Phi) is 8.21. The van der Waals surface area contributed by atoms with Gasteiger partial charge in [-0.05, 0) is 97.4 Å². The number of Topliss-reactive ketones (excluding diaryl/α,β-unsaturated/α-hetero) is 3. The van der Waals surface area contributed by atoms with Crippen LogP contribution in [0.15, 0.2) is 35.1 Å². The molecule has 4 heterocycles. The molecular formula is C44H48N2O9. The summed E-state index contributed by atoms with van der Waals surface area (Å²) >= 11 is 0. The number of carbonyl (C=O) groups excluding carboxylic acids is 5. The van der Waals surface area contributed by atoms with E-state index in [2.05, 4.69) is 20.8 Å². The Labute approximate surface area is 319 Å². The summed E-state index contributed by atoms with van der Waals surface area (Å²) < 4.78 is 12.6. The number of cyclic esters (lactones) is 1. The second kappa shape index (κ2) is 12.5. The number of carbonyl (C=O) groups is 5. The van der Waals surface area contributed by atoms with E-state index in [4.69, 9.17) is 14.5 Å². The lowest BCUT2D eigenvalue weighted by Crippen LogP contribution is -2.60. The summed E-state index contributed by atoms with van der Waals surface area (Å²) in [6, 6.07) is 8.82. The third kappa shape index (κ3) is 5.20. The van der Waals surface area contributed by atoms with Crippen molar-refractivity contribution in [1.82, 2.24) is 9.55 Å². The number of ketones is 3. The first-order valence-electron chi connectivity index (χ1n) is 20.1. The van der Waals surface area contributed by atoms with Crippen molar-refractivity contribution in [1.29, 1.82) is 0 Å². The van der Waals surface area contributed by atoms with Gasteiger partial charge in [-0.3, -0.25) is 24.0 Å². The van der Waals surface area contributed by atoms with Crippen molar-refractivity contribution < 1.29 is 38.6 Å². The number of rotatable bonds is 6. The summed E-state index contributed by atoms with van der Waals surface area (Å²) in [5.41, 5.74) is 0.0929. The summed E-state index contributed by atoms with van der Waals surface area (Å²) in [6.45, 7) is 8.16. The predicted molar refractivity (Wildman–Crippen MR) is 200 cm³/mol. The van der Waals surface area contributed by atoms with Gasteiger partial charge in [-0.15, -0.1) is 0 Å². The molecule has 4 aliphatic carbocycles. The molecule has 55 heavy (non-hydrogen) atoms. The van der Waals surface area contributed by atoms with E-state index in [9.17, 15) is 33.9 Å². The molecule has 11 nitrogen and oxygen atoms in total. The highest BCUT2D eigenvalue weighted by Gasteiger charge is 2.66. The molecule has 0 spiro atoms. The van der Waals surface area contributed by atoms with Crippen LogP contribution < -0.4 is 10.3 Å². The lowest BCUT2D eigenvalue weighted by Gasteiger charge is -2.58. The molecule has 3 aromatic rings. The molecule has 9 rings (SSSR count). The summed E-state index contributed by atoms with van der Waals surface area (Å²) in [7, 11) is 0. The molecule has 4 fully saturated rings. The number of esters is 2. The average Bonchev–Trinajstić information content (AvgIpc) is 3.70. The van der Waals surface area contributed by atoms with Crippen molar-refractivity contribution in [3.8, 4) is 17.1 Å². The fourth-order valence-corrected chi connectivity index (χ4v) is 12.1. The quantitative estimate of drug-likeness (QED) is 0.184. The number of hydrogen-bond donors (Lipinski definition) is 1. The van der Waals surface area contributed by atoms with Crippen LogP contribution in [0.25, 0.3) is 22.3 Å². The first-order chi connectivity index (χ1) is 26.2. The highest BCUT2D eigenvalue weighted by molar-refractivity contribution is 5.93. The molecule has 0 amide bonds. The minimum absolute atomic E-state index is 0.00306. The van der Waals surface area contributed by atoms with Crippen molar-refractivity contribution >= 4 is 40.2 Å². The zero-order valence-electron chi connectivity index (χ0n) is 31.9. The van der Waals surface area contributed by atoms with E-state index >= 15 is 0 Å². The Morgan fingerprint density at radius 3 is 2.64 bits per heavy atom. The normalized spacial score (nSPS) is 33.9. The largest absolute Gasteiger partial charge is 0.458 e. The smallest absolute Gasteiger partial charge is 0.343 e. The molecule has 0 bridgehead atoms. The number of aliphatic hydroxyl groups is 1. The summed E-state index contributed by atoms with van der Waals surface area (Å²) in [5.74, 6) is 0.0506. The van der Waals surface area contributed by atoms with Crippen LogP contribution in [-0.2, 0) is 47.5 Å². The Morgan fingerprint density at radius 2 is 1.85 bits per heavy atom. The van der Waals surface area contributed by atoms with Crippen LogP contribution in [0.4, 0.5) is 0 Å². The third-order valence-corrected chi connectivity index (χ3v) is 15.4. The molecule has 11 heteroatoms. The minimum atomic E-state index is -1.90. The predicted octanol–water partition coefficient (Wildman–Crippen LogP) is 5.99. The highest BCUT2D eigenvalue weighted by atomic mass is 16.6. The van der Waals surface area contributed by atoms with Crippen LogP contribution in [-0.4, -0.2) is 43.9 Å². The Morgan fingerprint density at radius 1 is 1.05 bits per heavy atom. The monoisotopic (exact) mass is 748 g/mol. The van der Waals surface area contributed by atoms with Crippen molar-refractivity contribution in [2.45, 2.75) is 111 Å². The first-order valence-corrected chi connectivity index (χ1v) is 20.1. The van der Waals surface area contributed by atoms with E-state index in [1.807, 2.05) is 6.07 Å². The molecule has 6 aliphatic rings. The van der Waals surface area contributed by atoms with Crippen molar-refractivity contribution in [2.24, 2.45) is 46.3 Å². The van der Waals surface area contributed by atoms with Gasteiger partial charge in [0.2, 0.25) is 0 Å². The van der Waals surface area contributed by atoms with Gasteiger partial charge in [-0.1, -0.05) is 27.7 Å². The van der Waals surface area contributed by atoms with Gasteiger partial charge in [0.25, 0.3) is 5.56 Å². The third-order valence-electron chi connectivity index (χ3n) is 15.4. The molecule has 2 aromatic heterocycles. The number of aromatic nitrogens is 2. The second-order valence-corrected chi connectivity index (χ2v) is 17.9. The van der Waals surface area contributed by atoms with Crippen molar-refractivity contribution in [3.63, 3.8) is 0 Å². The Balaban J connectivity index is 0.882. The molecular weight excluding hydrogens is 700 g/mol. The highest BCUT2D eigenvalue weighted by Crippen LogP contribution is 2.66. The maximum absolute atomic E-state index is 14.2. The van der Waals surface area contributed by atoms with Gasteiger partial charge in [-0.25, -0.2) is 9.78 Å². The molecule has 5 unspecified atom stereocenters. The number of nitrogens with zero attached hydrogens (tertiary/aromatic N) is 2. The number of hydrogen-bond acceptors (Lipinski definition) is 10. The van der Waals surface area contributed by atoms with Crippen molar-refractivity contribution in [3.05, 3.63) is 57.4 Å². The Bertz CT molecular complexity index is 2290. The van der Waals surface area contributed by atoms with Crippen LogP contribution in [0.1, 0.15) is 109 Å². The molecule has 9 atom stereocenters. The Hall–Kier alpha value is -4.51. The molecule has 2 aliphatic heterocycles. The van der Waals surface area contributed by atoms with Gasteiger partial charge in [0.05, 0.1) is 29.0 Å². The topological polar surface area (TPSA) is 159 Å². The fraction of sp³-hybridized carbons (Fsp3) is 0.568. The van der Waals surface area contributed by atoms with E-state index in [0.717, 1.165) is 30.2 Å². The standard InChI is InChI=1S/C44H48N2O9/c1-5-44(53)31-18-34-39-24(20-46(34)40(51)28(31)21-54-41(44)52)14-23-15-27(7-10-33(23)45-39)55-37(50)11-6-22(2)29-8-9-30-38-32(19-36(49)43(29,30)4)42(3)13-12-26(47)16-25(42)17-35(38)48/h7,10,14-15,18,22,25,29-30,32,38,53H,5-6,8-9,11-13,16-17,19-21H2,1-4H3/t22-,25?,29?,30?,32?,38?,42+,43-,44+/m1/s1. The molecule has 0 saturated heterocycles. The second-order valence-electron chi connectivity index (χ2n) is 17.9. The van der Waals surface area contributed by atoms with E-state index in [1.165, 1.54) is 0 Å². The summed E-state index contributed by atoms with van der Waals surface area (Å²) in [4.78, 5) is 84.4. The average molecular weight is 749 g/mol. The van der Waals surface area contributed by atoms with E-state index < -0.39 is 17.0 Å². The lowest BCUT2D eigenvalue weighted by molar-refractivity contribution is -0.172. The number of benzene rings is 1. The van der Waals surface area contributed by atoms with Crippen LogP contribution in [0.3, 0.4) is 0 Å². The summed E-state index contributed by atoms with van der Waals surface area (Å²) in [5, 5.41) is 11.9. The van der Waals surface area contributed by atoms with Crippen LogP contribution in [0.2, 0.25) is 0 Å². The maximum atomic E-state index is 14.2. The number of ether oxygens (including phenoxy) is 2. The molecule has 0 radical (unpaired) electrons. The van der Waals surface area contributed by atoms with E-state index in [0.29, 0.717) is 54.8 Å². The fourth-order valence-electron chi connectivity index (χ4n) is 12.1. The van der Waals surface area contributed by atoms with Gasteiger partial charge in [0.1, 0.15) is 29.7 Å². The van der Waals surface area contributed by atoms with Gasteiger partial charge >= 0.3 is 11.9 Å². The van der Waals surface area contributed by atoms with Gasteiger partial charge in [0.15, 0.2) is 5.60 Å². The molecule has 1 aromatic carbocycles. The van der Waals surface area contributed by atoms with E-state index in [1.54, 1.807) is 35.8 Å². The van der Waals surface area contributed by atoms with Crippen molar-refractivity contribution in [2.75, 3.05) is 0 Å². The molecule has 4 saturated carbocycles. The number of fused-ring (bicyclic) bond motifs is 10. The first kappa shape index (κ1) is 36.1. The zero-order chi connectivity index (χ0) is 38.8. The zero-order valence-corrected chi connectivity index (χ0v) is 31.9. The van der Waals surface area contributed by atoms with Gasteiger partial charge in [0, 0.05) is 60.0 Å². The molecule has 1 N–H and O–H groups in total. The molecule has 288 valence electrons. The minimum Gasteiger partial charge on any atom is -0.458 e. The van der Waals surface area contributed by atoms with E-state index in [-0.39, 0.29) is 107 Å². The van der Waals surface area contributed by atoms with Crippen LogP contribution >= 0.6 is 0 Å². The number of pyridine rings is 2. The van der Waals surface area contributed by atoms with Crippen LogP contribution in [0, 0.1) is 46.3 Å². The maximum Gasteiger partial charge on any atom is 0.343 e.